The summed E-state index contributed by atoms with van der Waals surface area (Å²) >= 11 is 6.06. The zero-order valence-corrected chi connectivity index (χ0v) is 22.3. The first-order chi connectivity index (χ1) is 18.4. The van der Waals surface area contributed by atoms with Crippen molar-refractivity contribution in [2.45, 2.75) is 18.4 Å². The fourth-order valence-electron chi connectivity index (χ4n) is 3.74. The summed E-state index contributed by atoms with van der Waals surface area (Å²) in [5, 5.41) is 4.30. The van der Waals surface area contributed by atoms with E-state index in [0.717, 1.165) is 24.3 Å². The van der Waals surface area contributed by atoms with Gasteiger partial charge in [-0.05, 0) is 60.5 Å². The maximum atomic E-state index is 12.8. The minimum Gasteiger partial charge on any atom is -0.367 e. The van der Waals surface area contributed by atoms with Crippen LogP contribution in [0.25, 0.3) is 0 Å². The van der Waals surface area contributed by atoms with Gasteiger partial charge in [-0.3, -0.25) is 9.52 Å². The first kappa shape index (κ1) is 26.9. The molecule has 0 aliphatic rings. The third-order valence-electron chi connectivity index (χ3n) is 5.76. The van der Waals surface area contributed by atoms with Gasteiger partial charge >= 0.3 is 0 Å². The number of nitrogens with one attached hydrogen (secondary N) is 2. The number of hydrogen-bond donors (Lipinski definition) is 2. The lowest BCUT2D eigenvalue weighted by molar-refractivity contribution is 0.0955. The van der Waals surface area contributed by atoms with Gasteiger partial charge in [-0.1, -0.05) is 72.3 Å². The van der Waals surface area contributed by atoms with Crippen LogP contribution in [0.1, 0.15) is 28.4 Å². The number of sulfonamides is 1. The number of nitrogens with zero attached hydrogens (tertiary/aromatic N) is 2. The Morgan fingerprint density at radius 3 is 2.34 bits per heavy atom. The maximum Gasteiger partial charge on any atom is 0.271 e. The highest BCUT2D eigenvalue weighted by Crippen LogP contribution is 2.24. The second-order valence-electron chi connectivity index (χ2n) is 8.40. The number of carbonyl (C=O) groups is 1. The Morgan fingerprint density at radius 2 is 1.63 bits per heavy atom. The molecule has 0 spiro atoms. The number of halogens is 1. The van der Waals surface area contributed by atoms with E-state index in [0.29, 0.717) is 0 Å². The zero-order valence-electron chi connectivity index (χ0n) is 20.7. The van der Waals surface area contributed by atoms with Gasteiger partial charge in [-0.2, -0.15) is 5.10 Å². The smallest absolute Gasteiger partial charge is 0.271 e. The molecule has 7 nitrogen and oxygen atoms in total. The molecule has 4 aromatic carbocycles. The van der Waals surface area contributed by atoms with Crippen LogP contribution in [0, 0.1) is 0 Å². The van der Waals surface area contributed by atoms with Gasteiger partial charge in [0.15, 0.2) is 0 Å². The molecule has 1 amide bonds. The van der Waals surface area contributed by atoms with Crippen molar-refractivity contribution in [2.75, 3.05) is 16.2 Å². The van der Waals surface area contributed by atoms with Crippen molar-refractivity contribution in [3.05, 3.63) is 125 Å². The minimum atomic E-state index is -3.95. The summed E-state index contributed by atoms with van der Waals surface area (Å²) in [6, 6.07) is 30.3. The van der Waals surface area contributed by atoms with Crippen molar-refractivity contribution in [3.63, 3.8) is 0 Å². The molecule has 0 radical (unpaired) electrons. The summed E-state index contributed by atoms with van der Waals surface area (Å²) in [7, 11) is -3.95. The highest BCUT2D eigenvalue weighted by atomic mass is 35.5. The number of rotatable bonds is 10. The largest absolute Gasteiger partial charge is 0.367 e. The van der Waals surface area contributed by atoms with E-state index in [1.54, 1.807) is 24.3 Å². The normalized spacial score (nSPS) is 11.3. The third-order valence-corrected chi connectivity index (χ3v) is 7.45. The molecule has 0 bridgehead atoms. The average Bonchev–Trinajstić information content (AvgIpc) is 2.94. The molecule has 0 aromatic heterocycles. The van der Waals surface area contributed by atoms with Crippen molar-refractivity contribution in [3.8, 4) is 0 Å². The molecule has 9 heteroatoms. The molecule has 0 heterocycles. The summed E-state index contributed by atoms with van der Waals surface area (Å²) in [5.41, 5.74) is 5.98. The van der Waals surface area contributed by atoms with Crippen LogP contribution in [-0.2, 0) is 16.6 Å². The van der Waals surface area contributed by atoms with Crippen LogP contribution in [-0.4, -0.2) is 27.1 Å². The van der Waals surface area contributed by atoms with Crippen molar-refractivity contribution in [2.24, 2.45) is 5.10 Å². The fourth-order valence-corrected chi connectivity index (χ4v) is 5.11. The Morgan fingerprint density at radius 1 is 0.921 bits per heavy atom. The predicted molar refractivity (Wildman–Crippen MR) is 153 cm³/mol. The number of amides is 1. The minimum absolute atomic E-state index is 0.0689. The lowest BCUT2D eigenvalue weighted by atomic mass is 10.1. The van der Waals surface area contributed by atoms with E-state index in [-0.39, 0.29) is 21.2 Å². The fraction of sp³-hybridized carbons (Fsp3) is 0.103. The lowest BCUT2D eigenvalue weighted by Gasteiger charge is -2.23. The Labute approximate surface area is 227 Å². The molecule has 194 valence electrons. The van der Waals surface area contributed by atoms with Gasteiger partial charge in [-0.15, -0.1) is 0 Å². The summed E-state index contributed by atoms with van der Waals surface area (Å²) in [6.07, 6.45) is 1.54. The molecule has 0 fully saturated rings. The Kier molecular flexibility index (Phi) is 8.78. The van der Waals surface area contributed by atoms with Crippen molar-refractivity contribution in [1.82, 2.24) is 5.43 Å². The number of hydrogen-bond acceptors (Lipinski definition) is 5. The molecular formula is C29H27ClN4O3S. The quantitative estimate of drug-likeness (QED) is 0.190. The molecule has 0 atom stereocenters. The van der Waals surface area contributed by atoms with E-state index in [4.69, 9.17) is 11.6 Å². The SMILES string of the molecule is CCN(Cc1ccccc1)c1ccc(/C=N/NC(=O)c2cccc(S(=O)(=O)Nc3ccccc3Cl)c2)cc1. The van der Waals surface area contributed by atoms with E-state index < -0.39 is 15.9 Å². The van der Waals surface area contributed by atoms with E-state index in [1.165, 1.54) is 36.0 Å². The molecule has 0 unspecified atom stereocenters. The molecule has 2 N–H and O–H groups in total. The Bertz CT molecular complexity index is 1530. The van der Waals surface area contributed by atoms with Crippen LogP contribution in [0.2, 0.25) is 5.02 Å². The summed E-state index contributed by atoms with van der Waals surface area (Å²) in [4.78, 5) is 14.8. The first-order valence-electron chi connectivity index (χ1n) is 12.0. The average molecular weight is 547 g/mol. The highest BCUT2D eigenvalue weighted by Gasteiger charge is 2.17. The van der Waals surface area contributed by atoms with E-state index in [1.807, 2.05) is 42.5 Å². The van der Waals surface area contributed by atoms with Crippen LogP contribution in [0.15, 0.2) is 113 Å². The van der Waals surface area contributed by atoms with Gasteiger partial charge in [0.1, 0.15) is 0 Å². The van der Waals surface area contributed by atoms with Crippen LogP contribution < -0.4 is 15.0 Å². The molecule has 0 aliphatic heterocycles. The summed E-state index contributed by atoms with van der Waals surface area (Å²) in [5.74, 6) is -0.535. The zero-order chi connectivity index (χ0) is 27.0. The Balaban J connectivity index is 1.38. The molecule has 38 heavy (non-hydrogen) atoms. The number of para-hydroxylation sites is 1. The molecule has 0 aliphatic carbocycles. The first-order valence-corrected chi connectivity index (χ1v) is 13.8. The van der Waals surface area contributed by atoms with Crippen molar-refractivity contribution < 1.29 is 13.2 Å². The summed E-state index contributed by atoms with van der Waals surface area (Å²) in [6.45, 7) is 3.78. The van der Waals surface area contributed by atoms with Crippen molar-refractivity contribution in [1.29, 1.82) is 0 Å². The van der Waals surface area contributed by atoms with Crippen LogP contribution in [0.3, 0.4) is 0 Å². The van der Waals surface area contributed by atoms with Gasteiger partial charge in [0.25, 0.3) is 15.9 Å². The van der Waals surface area contributed by atoms with Crippen LogP contribution >= 0.6 is 11.6 Å². The highest BCUT2D eigenvalue weighted by molar-refractivity contribution is 7.92. The van der Waals surface area contributed by atoms with Crippen LogP contribution in [0.5, 0.6) is 0 Å². The van der Waals surface area contributed by atoms with Gasteiger partial charge in [0.05, 0.1) is 21.8 Å². The molecule has 0 saturated carbocycles. The second kappa shape index (κ2) is 12.4. The second-order valence-corrected chi connectivity index (χ2v) is 10.5. The number of carbonyl (C=O) groups excluding carboxylic acids is 1. The number of benzene rings is 4. The molecule has 4 rings (SSSR count). The van der Waals surface area contributed by atoms with Crippen molar-refractivity contribution >= 4 is 45.1 Å². The standard InChI is InChI=1S/C29H27ClN4O3S/c1-2-34(21-23-9-4-3-5-10-23)25-17-15-22(16-18-25)20-31-32-29(35)24-11-8-12-26(19-24)38(36,37)33-28-14-7-6-13-27(28)30/h3-20,33H,2,21H2,1H3,(H,32,35)/b31-20+. The van der Waals surface area contributed by atoms with E-state index in [9.17, 15) is 13.2 Å². The maximum absolute atomic E-state index is 12.8. The molecule has 0 saturated heterocycles. The molecule has 4 aromatic rings. The topological polar surface area (TPSA) is 90.9 Å². The van der Waals surface area contributed by atoms with E-state index in [2.05, 4.69) is 39.2 Å². The predicted octanol–water partition coefficient (Wildman–Crippen LogP) is 5.93. The van der Waals surface area contributed by atoms with Gasteiger partial charge in [0, 0.05) is 24.3 Å². The monoisotopic (exact) mass is 546 g/mol. The third kappa shape index (κ3) is 7.00. The van der Waals surface area contributed by atoms with E-state index >= 15 is 0 Å². The molecular weight excluding hydrogens is 520 g/mol. The number of hydrazone groups is 1. The van der Waals surface area contributed by atoms with Gasteiger partial charge < -0.3 is 4.90 Å². The van der Waals surface area contributed by atoms with Crippen LogP contribution in [0.4, 0.5) is 11.4 Å². The lowest BCUT2D eigenvalue weighted by Crippen LogP contribution is -2.21. The van der Waals surface area contributed by atoms with Gasteiger partial charge in [-0.25, -0.2) is 13.8 Å². The Hall–Kier alpha value is -4.14. The number of anilines is 2. The summed E-state index contributed by atoms with van der Waals surface area (Å²) < 4.78 is 28.0. The van der Waals surface area contributed by atoms with Gasteiger partial charge in [0.2, 0.25) is 0 Å².